The molecule has 0 saturated heterocycles. The summed E-state index contributed by atoms with van der Waals surface area (Å²) < 4.78 is 0. The van der Waals surface area contributed by atoms with Crippen LogP contribution in [-0.2, 0) is 6.54 Å². The molecule has 0 saturated carbocycles. The number of carbonyl (C=O) groups is 1. The van der Waals surface area contributed by atoms with Gasteiger partial charge < -0.3 is 10.2 Å². The van der Waals surface area contributed by atoms with Crippen molar-refractivity contribution >= 4 is 23.3 Å². The highest BCUT2D eigenvalue weighted by Crippen LogP contribution is 2.16. The minimum atomic E-state index is -0.109. The lowest BCUT2D eigenvalue weighted by atomic mass is 10.2. The summed E-state index contributed by atoms with van der Waals surface area (Å²) in [5, 5.41) is 3.35. The Morgan fingerprint density at radius 3 is 2.90 bits per heavy atom. The quantitative estimate of drug-likeness (QED) is 0.863. The molecule has 0 unspecified atom stereocenters. The summed E-state index contributed by atoms with van der Waals surface area (Å²) in [6, 6.07) is 7.06. The van der Waals surface area contributed by atoms with Crippen LogP contribution in [0.1, 0.15) is 22.8 Å². The maximum atomic E-state index is 12.4. The Bertz CT molecular complexity index is 618. The van der Waals surface area contributed by atoms with Gasteiger partial charge in [-0.15, -0.1) is 0 Å². The van der Waals surface area contributed by atoms with Crippen LogP contribution in [0.3, 0.4) is 0 Å². The van der Waals surface area contributed by atoms with Crippen LogP contribution in [0.5, 0.6) is 0 Å². The van der Waals surface area contributed by atoms with Crippen LogP contribution in [0, 0.1) is 0 Å². The van der Waals surface area contributed by atoms with Crippen molar-refractivity contribution in [1.82, 2.24) is 14.9 Å². The normalized spacial score (nSPS) is 10.2. The van der Waals surface area contributed by atoms with E-state index >= 15 is 0 Å². The van der Waals surface area contributed by atoms with Gasteiger partial charge in [0.25, 0.3) is 5.91 Å². The fraction of sp³-hybridized carbons (Fsp3) is 0.267. The Kier molecular flexibility index (Phi) is 5.11. The second kappa shape index (κ2) is 7.04. The van der Waals surface area contributed by atoms with Gasteiger partial charge in [0.2, 0.25) is 0 Å². The molecular weight excluding hydrogens is 288 g/mol. The first-order valence-corrected chi connectivity index (χ1v) is 7.03. The van der Waals surface area contributed by atoms with Gasteiger partial charge in [0.05, 0.1) is 0 Å². The number of hydrogen-bond acceptors (Lipinski definition) is 4. The van der Waals surface area contributed by atoms with E-state index in [-0.39, 0.29) is 5.91 Å². The van der Waals surface area contributed by atoms with Gasteiger partial charge in [0.1, 0.15) is 11.0 Å². The van der Waals surface area contributed by atoms with Gasteiger partial charge in [-0.25, -0.2) is 4.98 Å². The molecule has 2 rings (SSSR count). The number of aromatic nitrogens is 2. The first kappa shape index (κ1) is 15.3. The van der Waals surface area contributed by atoms with Gasteiger partial charge in [-0.05, 0) is 30.7 Å². The molecule has 0 aromatic carbocycles. The number of anilines is 1. The lowest BCUT2D eigenvalue weighted by molar-refractivity contribution is 0.0785. The van der Waals surface area contributed by atoms with Gasteiger partial charge in [-0.3, -0.25) is 9.78 Å². The lowest BCUT2D eigenvalue weighted by Gasteiger charge is -2.17. The molecule has 1 N–H and O–H groups in total. The van der Waals surface area contributed by atoms with Crippen molar-refractivity contribution < 1.29 is 4.79 Å². The zero-order chi connectivity index (χ0) is 15.2. The molecular formula is C15H17ClN4O. The van der Waals surface area contributed by atoms with Crippen LogP contribution in [0.25, 0.3) is 0 Å². The van der Waals surface area contributed by atoms with Crippen molar-refractivity contribution in [1.29, 1.82) is 0 Å². The van der Waals surface area contributed by atoms with E-state index in [0.717, 1.165) is 5.56 Å². The molecule has 2 aromatic heterocycles. The van der Waals surface area contributed by atoms with Gasteiger partial charge in [0, 0.05) is 38.1 Å². The average molecular weight is 305 g/mol. The Hall–Kier alpha value is -2.14. The summed E-state index contributed by atoms with van der Waals surface area (Å²) in [6.45, 7) is 3.16. The van der Waals surface area contributed by atoms with Crippen molar-refractivity contribution in [2.24, 2.45) is 0 Å². The topological polar surface area (TPSA) is 58.1 Å². The molecule has 0 bridgehead atoms. The minimum Gasteiger partial charge on any atom is -0.370 e. The maximum Gasteiger partial charge on any atom is 0.254 e. The van der Waals surface area contributed by atoms with Crippen molar-refractivity contribution in [2.75, 3.05) is 18.9 Å². The molecule has 0 atom stereocenters. The molecule has 110 valence electrons. The van der Waals surface area contributed by atoms with Crippen LogP contribution in [-0.4, -0.2) is 34.4 Å². The van der Waals surface area contributed by atoms with E-state index in [9.17, 15) is 4.79 Å². The van der Waals surface area contributed by atoms with E-state index in [1.54, 1.807) is 36.5 Å². The number of nitrogens with one attached hydrogen (secondary N) is 1. The fourth-order valence-electron chi connectivity index (χ4n) is 1.95. The Morgan fingerprint density at radius 2 is 2.24 bits per heavy atom. The number of rotatable bonds is 5. The van der Waals surface area contributed by atoms with Crippen molar-refractivity contribution in [3.05, 3.63) is 52.9 Å². The Balaban J connectivity index is 2.15. The van der Waals surface area contributed by atoms with E-state index < -0.39 is 0 Å². The third-order valence-corrected chi connectivity index (χ3v) is 3.08. The summed E-state index contributed by atoms with van der Waals surface area (Å²) in [7, 11) is 1.75. The summed E-state index contributed by atoms with van der Waals surface area (Å²) >= 11 is 5.96. The van der Waals surface area contributed by atoms with Gasteiger partial charge in [0.15, 0.2) is 0 Å². The number of amides is 1. The zero-order valence-electron chi connectivity index (χ0n) is 12.0. The Labute approximate surface area is 129 Å². The highest BCUT2D eigenvalue weighted by molar-refractivity contribution is 6.29. The van der Waals surface area contributed by atoms with Gasteiger partial charge >= 0.3 is 0 Å². The van der Waals surface area contributed by atoms with Crippen LogP contribution in [0.2, 0.25) is 5.15 Å². The minimum absolute atomic E-state index is 0.109. The maximum absolute atomic E-state index is 12.4. The summed E-state index contributed by atoms with van der Waals surface area (Å²) in [5.74, 6) is 0.491. The second-order valence-corrected chi connectivity index (χ2v) is 5.00. The predicted molar refractivity (Wildman–Crippen MR) is 83.4 cm³/mol. The third-order valence-electron chi connectivity index (χ3n) is 2.89. The molecule has 5 nitrogen and oxygen atoms in total. The van der Waals surface area contributed by atoms with Crippen LogP contribution in [0.15, 0.2) is 36.7 Å². The van der Waals surface area contributed by atoms with Crippen LogP contribution < -0.4 is 5.32 Å². The number of carbonyl (C=O) groups excluding carboxylic acids is 1. The molecule has 0 aliphatic carbocycles. The number of halogens is 1. The van der Waals surface area contributed by atoms with E-state index in [2.05, 4.69) is 15.3 Å². The predicted octanol–water partition coefficient (Wildman–Crippen LogP) is 2.83. The first-order chi connectivity index (χ1) is 10.1. The monoisotopic (exact) mass is 304 g/mol. The summed E-state index contributed by atoms with van der Waals surface area (Å²) in [5.41, 5.74) is 1.48. The standard InChI is InChI=1S/C15H17ClN4O/c1-3-18-14-8-12(7-13(16)19-14)15(21)20(2)10-11-5-4-6-17-9-11/h4-9H,3,10H2,1-2H3,(H,18,19). The highest BCUT2D eigenvalue weighted by atomic mass is 35.5. The molecule has 2 aromatic rings. The molecule has 2 heterocycles. The molecule has 1 amide bonds. The second-order valence-electron chi connectivity index (χ2n) is 4.62. The third kappa shape index (κ3) is 4.16. The largest absolute Gasteiger partial charge is 0.370 e. The molecule has 6 heteroatoms. The lowest BCUT2D eigenvalue weighted by Crippen LogP contribution is -2.26. The van der Waals surface area contributed by atoms with Gasteiger partial charge in [-0.2, -0.15) is 0 Å². The summed E-state index contributed by atoms with van der Waals surface area (Å²) in [4.78, 5) is 22.2. The molecule has 0 fully saturated rings. The SMILES string of the molecule is CCNc1cc(C(=O)N(C)Cc2cccnc2)cc(Cl)n1. The summed E-state index contributed by atoms with van der Waals surface area (Å²) in [6.07, 6.45) is 3.45. The van der Waals surface area contributed by atoms with E-state index in [1.165, 1.54) is 0 Å². The number of hydrogen-bond donors (Lipinski definition) is 1. The van der Waals surface area contributed by atoms with Crippen molar-refractivity contribution in [3.8, 4) is 0 Å². The fourth-order valence-corrected chi connectivity index (χ4v) is 2.16. The van der Waals surface area contributed by atoms with E-state index in [4.69, 9.17) is 11.6 Å². The highest BCUT2D eigenvalue weighted by Gasteiger charge is 2.14. The number of pyridine rings is 2. The molecule has 21 heavy (non-hydrogen) atoms. The zero-order valence-corrected chi connectivity index (χ0v) is 12.8. The average Bonchev–Trinajstić information content (AvgIpc) is 2.47. The van der Waals surface area contributed by atoms with Crippen molar-refractivity contribution in [2.45, 2.75) is 13.5 Å². The van der Waals surface area contributed by atoms with Crippen LogP contribution in [0.4, 0.5) is 5.82 Å². The van der Waals surface area contributed by atoms with E-state index in [1.807, 2.05) is 19.1 Å². The van der Waals surface area contributed by atoms with Crippen molar-refractivity contribution in [3.63, 3.8) is 0 Å². The van der Waals surface area contributed by atoms with E-state index in [0.29, 0.717) is 29.6 Å². The Morgan fingerprint density at radius 1 is 1.43 bits per heavy atom. The van der Waals surface area contributed by atoms with Crippen LogP contribution >= 0.6 is 11.6 Å². The smallest absolute Gasteiger partial charge is 0.254 e. The first-order valence-electron chi connectivity index (χ1n) is 6.66. The number of nitrogens with zero attached hydrogens (tertiary/aromatic N) is 3. The molecule has 0 aliphatic heterocycles. The van der Waals surface area contributed by atoms with Gasteiger partial charge in [-0.1, -0.05) is 17.7 Å². The molecule has 0 aliphatic rings. The molecule has 0 spiro atoms. The molecule has 0 radical (unpaired) electrons.